The van der Waals surface area contributed by atoms with E-state index in [9.17, 15) is 14.9 Å². The quantitative estimate of drug-likeness (QED) is 0.470. The van der Waals surface area contributed by atoms with Crippen molar-refractivity contribution in [3.8, 4) is 5.75 Å². The Morgan fingerprint density at radius 3 is 2.91 bits per heavy atom. The number of carbonyl (C=O) groups excluding carboxylic acids is 1. The molecule has 120 valence electrons. The first-order valence-electron chi connectivity index (χ1n) is 6.41. The van der Waals surface area contributed by atoms with Gasteiger partial charge < -0.3 is 9.15 Å². The number of aryl methyl sites for hydroxylation is 1. The van der Waals surface area contributed by atoms with Crippen LogP contribution < -0.4 is 10.2 Å². The average molecular weight is 382 g/mol. The van der Waals surface area contributed by atoms with E-state index in [1.54, 1.807) is 25.1 Å². The molecule has 0 bridgehead atoms. The molecule has 0 atom stereocenters. The van der Waals surface area contributed by atoms with E-state index in [1.807, 2.05) is 0 Å². The number of carbonyl (C=O) groups is 1. The Morgan fingerprint density at radius 2 is 2.26 bits per heavy atom. The third-order valence-electron chi connectivity index (χ3n) is 2.64. The van der Waals surface area contributed by atoms with Crippen molar-refractivity contribution >= 4 is 33.7 Å². The van der Waals surface area contributed by atoms with Crippen molar-refractivity contribution in [1.29, 1.82) is 0 Å². The molecule has 1 N–H and O–H groups in total. The molecule has 0 unspecified atom stereocenters. The second-order valence-electron chi connectivity index (χ2n) is 4.45. The maximum absolute atomic E-state index is 11.6. The number of ether oxygens (including phenoxy) is 1. The number of halogens is 1. The monoisotopic (exact) mass is 381 g/mol. The van der Waals surface area contributed by atoms with Crippen LogP contribution in [0.25, 0.3) is 0 Å². The number of benzene rings is 1. The van der Waals surface area contributed by atoms with Gasteiger partial charge in [-0.3, -0.25) is 14.9 Å². The van der Waals surface area contributed by atoms with Gasteiger partial charge in [0.2, 0.25) is 0 Å². The summed E-state index contributed by atoms with van der Waals surface area (Å²) in [7, 11) is 0. The van der Waals surface area contributed by atoms with Crippen molar-refractivity contribution in [2.45, 2.75) is 6.92 Å². The van der Waals surface area contributed by atoms with Crippen LogP contribution in [0.3, 0.4) is 0 Å². The normalized spacial score (nSPS) is 10.7. The minimum atomic E-state index is -0.562. The van der Waals surface area contributed by atoms with Crippen LogP contribution in [0.1, 0.15) is 11.3 Å². The molecule has 0 fully saturated rings. The lowest BCUT2D eigenvalue weighted by Crippen LogP contribution is -2.24. The molecule has 1 amide bonds. The summed E-state index contributed by atoms with van der Waals surface area (Å²) in [6.07, 6.45) is 1.32. The Balaban J connectivity index is 1.89. The maximum Gasteiger partial charge on any atom is 0.311 e. The van der Waals surface area contributed by atoms with Crippen LogP contribution in [-0.4, -0.2) is 23.7 Å². The summed E-state index contributed by atoms with van der Waals surface area (Å²) in [4.78, 5) is 22.0. The molecule has 1 heterocycles. The molecular weight excluding hydrogens is 370 g/mol. The largest absolute Gasteiger partial charge is 0.477 e. The van der Waals surface area contributed by atoms with E-state index in [2.05, 4.69) is 26.5 Å². The average Bonchev–Trinajstić information content (AvgIpc) is 2.91. The van der Waals surface area contributed by atoms with Crippen molar-refractivity contribution in [3.05, 3.63) is 56.4 Å². The molecule has 0 saturated heterocycles. The summed E-state index contributed by atoms with van der Waals surface area (Å²) >= 11 is 3.14. The molecule has 8 nitrogen and oxygen atoms in total. The third kappa shape index (κ3) is 4.92. The number of nitro benzene ring substituents is 1. The highest BCUT2D eigenvalue weighted by molar-refractivity contribution is 9.10. The van der Waals surface area contributed by atoms with Crippen molar-refractivity contribution in [3.63, 3.8) is 0 Å². The number of amides is 1. The predicted molar refractivity (Wildman–Crippen MR) is 85.5 cm³/mol. The lowest BCUT2D eigenvalue weighted by molar-refractivity contribution is -0.385. The zero-order valence-corrected chi connectivity index (χ0v) is 13.6. The smallest absolute Gasteiger partial charge is 0.311 e. The van der Waals surface area contributed by atoms with Gasteiger partial charge in [0.05, 0.1) is 11.1 Å². The number of nitro groups is 1. The van der Waals surface area contributed by atoms with Gasteiger partial charge in [-0.05, 0) is 46.6 Å². The molecule has 1 aromatic carbocycles. The summed E-state index contributed by atoms with van der Waals surface area (Å²) in [6, 6.07) is 7.83. The zero-order chi connectivity index (χ0) is 16.8. The number of hydrogen-bond donors (Lipinski definition) is 1. The third-order valence-corrected chi connectivity index (χ3v) is 3.07. The van der Waals surface area contributed by atoms with Crippen molar-refractivity contribution < 1.29 is 18.9 Å². The van der Waals surface area contributed by atoms with Crippen LogP contribution in [0.4, 0.5) is 5.69 Å². The molecule has 0 aliphatic heterocycles. The number of hydrazone groups is 1. The number of hydrogen-bond acceptors (Lipinski definition) is 6. The summed E-state index contributed by atoms with van der Waals surface area (Å²) in [6.45, 7) is 1.33. The van der Waals surface area contributed by atoms with Crippen LogP contribution >= 0.6 is 15.9 Å². The van der Waals surface area contributed by atoms with E-state index in [-0.39, 0.29) is 11.4 Å². The van der Waals surface area contributed by atoms with E-state index in [0.29, 0.717) is 10.4 Å². The molecule has 0 radical (unpaired) electrons. The predicted octanol–water partition coefficient (Wildman–Crippen LogP) is 2.79. The number of furan rings is 1. The molecule has 0 spiro atoms. The van der Waals surface area contributed by atoms with Crippen molar-refractivity contribution in [2.24, 2.45) is 5.10 Å². The summed E-state index contributed by atoms with van der Waals surface area (Å²) < 4.78 is 10.9. The molecular formula is C14H12BrN3O5. The second kappa shape index (κ2) is 7.54. The Kier molecular flexibility index (Phi) is 5.47. The van der Waals surface area contributed by atoms with Gasteiger partial charge in [0.25, 0.3) is 5.91 Å². The summed E-state index contributed by atoms with van der Waals surface area (Å²) in [5, 5.41) is 14.6. The van der Waals surface area contributed by atoms with Crippen LogP contribution in [-0.2, 0) is 4.79 Å². The molecule has 0 aliphatic rings. The topological polar surface area (TPSA) is 107 Å². The molecule has 9 heteroatoms. The first-order chi connectivity index (χ1) is 11.0. The Bertz CT molecular complexity index is 757. The first-order valence-corrected chi connectivity index (χ1v) is 7.20. The SMILES string of the molecule is Cc1ccc(OCC(=O)N/N=C/c2ccc(Br)o2)c([N+](=O)[O-])c1. The molecule has 0 saturated carbocycles. The van der Waals surface area contributed by atoms with Gasteiger partial charge in [-0.1, -0.05) is 6.07 Å². The highest BCUT2D eigenvalue weighted by Crippen LogP contribution is 2.27. The van der Waals surface area contributed by atoms with Crippen LogP contribution in [0, 0.1) is 17.0 Å². The zero-order valence-electron chi connectivity index (χ0n) is 12.0. The lowest BCUT2D eigenvalue weighted by Gasteiger charge is -2.06. The van der Waals surface area contributed by atoms with Gasteiger partial charge in [0, 0.05) is 6.07 Å². The van der Waals surface area contributed by atoms with Crippen molar-refractivity contribution in [1.82, 2.24) is 5.43 Å². The molecule has 0 aliphatic carbocycles. The maximum atomic E-state index is 11.6. The number of rotatable bonds is 6. The summed E-state index contributed by atoms with van der Waals surface area (Å²) in [5.41, 5.74) is 2.76. The Morgan fingerprint density at radius 1 is 1.48 bits per heavy atom. The minimum absolute atomic E-state index is 0.0229. The van der Waals surface area contributed by atoms with E-state index < -0.39 is 17.4 Å². The minimum Gasteiger partial charge on any atom is -0.477 e. The van der Waals surface area contributed by atoms with Crippen molar-refractivity contribution in [2.75, 3.05) is 6.61 Å². The molecule has 1 aromatic heterocycles. The Hall–Kier alpha value is -2.68. The van der Waals surface area contributed by atoms with Crippen LogP contribution in [0.5, 0.6) is 5.75 Å². The fourth-order valence-corrected chi connectivity index (χ4v) is 1.95. The summed E-state index contributed by atoms with van der Waals surface area (Å²) in [5.74, 6) is -0.0799. The number of nitrogens with zero attached hydrogens (tertiary/aromatic N) is 2. The molecule has 23 heavy (non-hydrogen) atoms. The van der Waals surface area contributed by atoms with E-state index in [0.717, 1.165) is 5.56 Å². The highest BCUT2D eigenvalue weighted by Gasteiger charge is 2.16. The first kappa shape index (κ1) is 16.7. The molecule has 2 aromatic rings. The van der Waals surface area contributed by atoms with Crippen LogP contribution in [0.15, 0.2) is 44.5 Å². The van der Waals surface area contributed by atoms with Crippen LogP contribution in [0.2, 0.25) is 0 Å². The van der Waals surface area contributed by atoms with Gasteiger partial charge in [-0.2, -0.15) is 5.10 Å². The van der Waals surface area contributed by atoms with Gasteiger partial charge >= 0.3 is 5.69 Å². The molecule has 2 rings (SSSR count). The fraction of sp³-hybridized carbons (Fsp3) is 0.143. The second-order valence-corrected chi connectivity index (χ2v) is 5.23. The highest BCUT2D eigenvalue weighted by atomic mass is 79.9. The van der Waals surface area contributed by atoms with E-state index >= 15 is 0 Å². The van der Waals surface area contributed by atoms with Gasteiger partial charge in [0.1, 0.15) is 5.76 Å². The number of nitrogens with one attached hydrogen (secondary N) is 1. The van der Waals surface area contributed by atoms with E-state index in [4.69, 9.17) is 9.15 Å². The van der Waals surface area contributed by atoms with E-state index in [1.165, 1.54) is 18.3 Å². The lowest BCUT2D eigenvalue weighted by atomic mass is 10.2. The van der Waals surface area contributed by atoms with Gasteiger partial charge in [-0.25, -0.2) is 5.43 Å². The van der Waals surface area contributed by atoms with Gasteiger partial charge in [-0.15, -0.1) is 0 Å². The Labute approximate surface area is 139 Å². The van der Waals surface area contributed by atoms with Gasteiger partial charge in [0.15, 0.2) is 17.0 Å². The standard InChI is InChI=1S/C14H12BrN3O5/c1-9-2-4-12(11(6-9)18(20)21)22-8-14(19)17-16-7-10-3-5-13(15)23-10/h2-7H,8H2,1H3,(H,17,19)/b16-7+. The fourth-order valence-electron chi connectivity index (χ4n) is 1.63.